The van der Waals surface area contributed by atoms with Crippen molar-refractivity contribution in [3.8, 4) is 0 Å². The van der Waals surface area contributed by atoms with E-state index < -0.39 is 0 Å². The van der Waals surface area contributed by atoms with Crippen molar-refractivity contribution < 1.29 is 4.39 Å². The van der Waals surface area contributed by atoms with Crippen molar-refractivity contribution >= 4 is 33.2 Å². The number of nitrogens with zero attached hydrogens (tertiary/aromatic N) is 1. The van der Waals surface area contributed by atoms with Crippen LogP contribution in [0, 0.1) is 5.82 Å². The van der Waals surface area contributed by atoms with Gasteiger partial charge in [-0.05, 0) is 52.7 Å². The fourth-order valence-electron chi connectivity index (χ4n) is 1.77. The van der Waals surface area contributed by atoms with Crippen molar-refractivity contribution in [1.29, 1.82) is 0 Å². The third-order valence-electron chi connectivity index (χ3n) is 2.78. The third kappa shape index (κ3) is 3.67. The number of anilines is 1. The second kappa shape index (κ2) is 6.35. The zero-order chi connectivity index (χ0) is 13.8. The second-order valence-corrected chi connectivity index (χ2v) is 5.40. The first-order valence-corrected chi connectivity index (χ1v) is 7.10. The molecule has 19 heavy (non-hydrogen) atoms. The van der Waals surface area contributed by atoms with Crippen LogP contribution in [0.5, 0.6) is 0 Å². The van der Waals surface area contributed by atoms with Gasteiger partial charge in [0.25, 0.3) is 0 Å². The lowest BCUT2D eigenvalue weighted by molar-refractivity contribution is 0.614. The van der Waals surface area contributed by atoms with Gasteiger partial charge in [0.15, 0.2) is 0 Å². The molecule has 0 bridgehead atoms. The first-order chi connectivity index (χ1) is 9.10. The Bertz CT molecular complexity index is 560. The van der Waals surface area contributed by atoms with Crippen LogP contribution in [0.25, 0.3) is 0 Å². The van der Waals surface area contributed by atoms with E-state index in [2.05, 4.69) is 26.2 Å². The van der Waals surface area contributed by atoms with Crippen molar-refractivity contribution in [2.24, 2.45) is 0 Å². The summed E-state index contributed by atoms with van der Waals surface area (Å²) in [5.74, 6) is -0.326. The monoisotopic (exact) mass is 342 g/mol. The zero-order valence-electron chi connectivity index (χ0n) is 10.3. The first kappa shape index (κ1) is 14.3. The molecule has 0 aliphatic carbocycles. The molecule has 0 radical (unpaired) electrons. The van der Waals surface area contributed by atoms with Gasteiger partial charge < -0.3 is 5.32 Å². The average Bonchev–Trinajstić information content (AvgIpc) is 2.41. The summed E-state index contributed by atoms with van der Waals surface area (Å²) in [6.07, 6.45) is 2.08. The number of aromatic nitrogens is 1. The molecule has 1 N–H and O–H groups in total. The number of halogens is 3. The molecule has 1 unspecified atom stereocenters. The minimum atomic E-state index is -0.326. The van der Waals surface area contributed by atoms with Crippen molar-refractivity contribution in [2.75, 3.05) is 5.32 Å². The minimum Gasteiger partial charge on any atom is -0.377 e. The van der Waals surface area contributed by atoms with Gasteiger partial charge >= 0.3 is 0 Å². The molecule has 2 nitrogen and oxygen atoms in total. The van der Waals surface area contributed by atoms with Crippen LogP contribution < -0.4 is 5.32 Å². The van der Waals surface area contributed by atoms with E-state index in [-0.39, 0.29) is 11.9 Å². The summed E-state index contributed by atoms with van der Waals surface area (Å²) < 4.78 is 13.7. The van der Waals surface area contributed by atoms with Crippen LogP contribution in [0.1, 0.15) is 25.1 Å². The Labute approximate surface area is 125 Å². The van der Waals surface area contributed by atoms with Crippen LogP contribution in [0.15, 0.2) is 41.0 Å². The summed E-state index contributed by atoms with van der Waals surface area (Å²) in [6.45, 7) is 2.05. The van der Waals surface area contributed by atoms with Gasteiger partial charge in [0.05, 0.1) is 23.0 Å². The molecule has 2 aromatic rings. The lowest BCUT2D eigenvalue weighted by Crippen LogP contribution is -2.11. The van der Waals surface area contributed by atoms with Crippen LogP contribution in [0.2, 0.25) is 5.02 Å². The average molecular weight is 344 g/mol. The molecular formula is C14H13BrClFN2. The fraction of sp³-hybridized carbons (Fsp3) is 0.214. The van der Waals surface area contributed by atoms with Crippen molar-refractivity contribution in [3.05, 3.63) is 57.5 Å². The second-order valence-electron chi connectivity index (χ2n) is 4.14. The molecule has 0 aliphatic rings. The van der Waals surface area contributed by atoms with E-state index in [0.29, 0.717) is 5.02 Å². The highest BCUT2D eigenvalue weighted by Crippen LogP contribution is 2.28. The van der Waals surface area contributed by atoms with E-state index in [4.69, 9.17) is 11.6 Å². The largest absolute Gasteiger partial charge is 0.377 e. The Kier molecular flexibility index (Phi) is 4.77. The third-order valence-corrected chi connectivity index (χ3v) is 3.99. The smallest absolute Gasteiger partial charge is 0.141 e. The predicted octanol–water partition coefficient (Wildman–Crippen LogP) is 5.20. The zero-order valence-corrected chi connectivity index (χ0v) is 12.7. The Balaban J connectivity index is 2.18. The lowest BCUT2D eigenvalue weighted by Gasteiger charge is -2.18. The van der Waals surface area contributed by atoms with Gasteiger partial charge in [-0.25, -0.2) is 4.39 Å². The molecule has 0 saturated carbocycles. The number of rotatable bonds is 4. The Morgan fingerprint density at radius 3 is 2.74 bits per heavy atom. The molecule has 1 atom stereocenters. The van der Waals surface area contributed by atoms with Crippen LogP contribution in [0.4, 0.5) is 10.1 Å². The highest BCUT2D eigenvalue weighted by Gasteiger charge is 2.11. The van der Waals surface area contributed by atoms with Crippen LogP contribution in [-0.2, 0) is 0 Å². The lowest BCUT2D eigenvalue weighted by atomic mass is 10.1. The Hall–Kier alpha value is -1.13. The normalized spacial score (nSPS) is 12.2. The summed E-state index contributed by atoms with van der Waals surface area (Å²) in [5, 5.41) is 4.02. The summed E-state index contributed by atoms with van der Waals surface area (Å²) in [4.78, 5) is 4.11. The van der Waals surface area contributed by atoms with E-state index in [1.54, 1.807) is 6.07 Å². The minimum absolute atomic E-state index is 0.0358. The van der Waals surface area contributed by atoms with E-state index >= 15 is 0 Å². The molecular weight excluding hydrogens is 331 g/mol. The highest BCUT2D eigenvalue weighted by atomic mass is 79.9. The van der Waals surface area contributed by atoms with Crippen molar-refractivity contribution in [2.45, 2.75) is 19.4 Å². The van der Waals surface area contributed by atoms with Gasteiger partial charge in [0, 0.05) is 10.2 Å². The van der Waals surface area contributed by atoms with Crippen LogP contribution >= 0.6 is 27.5 Å². The summed E-state index contributed by atoms with van der Waals surface area (Å²) in [5.41, 5.74) is 1.75. The number of hydrogen-bond acceptors (Lipinski definition) is 2. The maximum absolute atomic E-state index is 12.9. The van der Waals surface area contributed by atoms with E-state index in [1.165, 1.54) is 12.3 Å². The quantitative estimate of drug-likeness (QED) is 0.825. The molecule has 0 spiro atoms. The maximum atomic E-state index is 12.9. The van der Waals surface area contributed by atoms with Gasteiger partial charge in [-0.3, -0.25) is 4.98 Å². The molecule has 1 heterocycles. The van der Waals surface area contributed by atoms with Gasteiger partial charge in [-0.15, -0.1) is 0 Å². The van der Waals surface area contributed by atoms with Crippen LogP contribution in [0.3, 0.4) is 0 Å². The first-order valence-electron chi connectivity index (χ1n) is 5.93. The number of pyridine rings is 1. The van der Waals surface area contributed by atoms with Gasteiger partial charge in [-0.1, -0.05) is 18.5 Å². The number of nitrogens with one attached hydrogen (secondary N) is 1. The predicted molar refractivity (Wildman–Crippen MR) is 80.0 cm³/mol. The molecule has 1 aromatic heterocycles. The van der Waals surface area contributed by atoms with Gasteiger partial charge in [0.1, 0.15) is 5.82 Å². The summed E-state index contributed by atoms with van der Waals surface area (Å²) in [7, 11) is 0. The van der Waals surface area contributed by atoms with E-state index in [9.17, 15) is 4.39 Å². The fourth-order valence-corrected chi connectivity index (χ4v) is 2.26. The molecule has 2 rings (SSSR count). The van der Waals surface area contributed by atoms with Gasteiger partial charge in [0.2, 0.25) is 0 Å². The topological polar surface area (TPSA) is 24.9 Å². The number of benzene rings is 1. The summed E-state index contributed by atoms with van der Waals surface area (Å²) >= 11 is 9.34. The van der Waals surface area contributed by atoms with E-state index in [1.807, 2.05) is 25.1 Å². The molecule has 0 amide bonds. The maximum Gasteiger partial charge on any atom is 0.141 e. The molecule has 0 saturated heterocycles. The summed E-state index contributed by atoms with van der Waals surface area (Å²) in [6, 6.07) is 8.78. The van der Waals surface area contributed by atoms with Crippen molar-refractivity contribution in [3.63, 3.8) is 0 Å². The van der Waals surface area contributed by atoms with Crippen molar-refractivity contribution in [1.82, 2.24) is 4.98 Å². The molecule has 5 heteroatoms. The molecule has 0 fully saturated rings. The molecule has 0 aliphatic heterocycles. The molecule has 100 valence electrons. The highest BCUT2D eigenvalue weighted by molar-refractivity contribution is 9.10. The van der Waals surface area contributed by atoms with E-state index in [0.717, 1.165) is 22.3 Å². The number of hydrogen-bond donors (Lipinski definition) is 1. The SMILES string of the molecule is CCC(Nc1ccc(Cl)c(Br)c1)c1ccc(F)cn1. The molecule has 1 aromatic carbocycles. The van der Waals surface area contributed by atoms with Gasteiger partial charge in [-0.2, -0.15) is 0 Å². The Morgan fingerprint density at radius 1 is 1.37 bits per heavy atom. The van der Waals surface area contributed by atoms with Crippen LogP contribution in [-0.4, -0.2) is 4.98 Å². The Morgan fingerprint density at radius 2 is 2.16 bits per heavy atom. The standard InChI is InChI=1S/C14H13BrClFN2/c1-2-13(14-6-3-9(17)8-18-14)19-10-4-5-12(16)11(15)7-10/h3-8,13,19H,2H2,1H3.